The second-order valence-electron chi connectivity index (χ2n) is 7.73. The van der Waals surface area contributed by atoms with Gasteiger partial charge >= 0.3 is 12.2 Å². The number of hydrogen-bond acceptors (Lipinski definition) is 4. The third-order valence-corrected chi connectivity index (χ3v) is 5.74. The molecule has 0 aliphatic carbocycles. The molecule has 1 N–H and O–H groups in total. The van der Waals surface area contributed by atoms with Crippen molar-refractivity contribution in [3.8, 4) is 0 Å². The molecular formula is C21H21F3N4O2. The highest BCUT2D eigenvalue weighted by Gasteiger charge is 2.44. The standard InChI is InChI=1S/C21H21F3N4O2/c1-13(29)16-5-4-8-25-19(16)26-20(30)28-11-14-9-27(10-15(14)12-28)18-7-3-2-6-17(18)21(22,23)24/h2-8,14-15H,9-12H2,1H3,(H,25,26,30)/t14-,15+. The zero-order chi connectivity index (χ0) is 21.5. The van der Waals surface area contributed by atoms with Gasteiger partial charge in [-0.1, -0.05) is 12.1 Å². The number of likely N-dealkylation sites (tertiary alicyclic amines) is 1. The number of aromatic nitrogens is 1. The number of anilines is 2. The van der Waals surface area contributed by atoms with E-state index in [1.54, 1.807) is 28.0 Å². The number of carbonyl (C=O) groups is 2. The largest absolute Gasteiger partial charge is 0.418 e. The SMILES string of the molecule is CC(=O)c1cccnc1NC(=O)N1C[C@@H]2CN(c3ccccc3C(F)(F)F)C[C@@H]2C1. The molecular weight excluding hydrogens is 397 g/mol. The number of amides is 2. The summed E-state index contributed by atoms with van der Waals surface area (Å²) >= 11 is 0. The first-order valence-corrected chi connectivity index (χ1v) is 9.67. The smallest absolute Gasteiger partial charge is 0.370 e. The van der Waals surface area contributed by atoms with Gasteiger partial charge in [0, 0.05) is 49.9 Å². The van der Waals surface area contributed by atoms with Gasteiger partial charge in [-0.25, -0.2) is 9.78 Å². The molecule has 4 rings (SSSR count). The Kier molecular flexibility index (Phi) is 5.13. The lowest BCUT2D eigenvalue weighted by molar-refractivity contribution is -0.137. The third kappa shape index (κ3) is 3.83. The number of pyridine rings is 1. The van der Waals surface area contributed by atoms with Crippen LogP contribution in [0.1, 0.15) is 22.8 Å². The molecule has 0 bridgehead atoms. The van der Waals surface area contributed by atoms with Crippen LogP contribution in [-0.2, 0) is 6.18 Å². The van der Waals surface area contributed by atoms with Gasteiger partial charge in [0.1, 0.15) is 5.82 Å². The van der Waals surface area contributed by atoms with E-state index in [0.717, 1.165) is 6.07 Å². The van der Waals surface area contributed by atoms with Crippen molar-refractivity contribution in [1.29, 1.82) is 0 Å². The molecule has 0 saturated carbocycles. The number of urea groups is 1. The van der Waals surface area contributed by atoms with Crippen molar-refractivity contribution in [2.45, 2.75) is 13.1 Å². The molecule has 0 radical (unpaired) electrons. The van der Waals surface area contributed by atoms with E-state index in [2.05, 4.69) is 10.3 Å². The summed E-state index contributed by atoms with van der Waals surface area (Å²) in [5.74, 6) is 0.199. The minimum absolute atomic E-state index is 0.0908. The number of benzene rings is 1. The van der Waals surface area contributed by atoms with Gasteiger partial charge in [0.05, 0.1) is 11.1 Å². The number of nitrogens with one attached hydrogen (secondary N) is 1. The summed E-state index contributed by atoms with van der Waals surface area (Å²) in [6, 6.07) is 8.47. The van der Waals surface area contributed by atoms with E-state index in [1.807, 2.05) is 0 Å². The molecule has 2 aliphatic rings. The molecule has 30 heavy (non-hydrogen) atoms. The van der Waals surface area contributed by atoms with Gasteiger partial charge in [-0.2, -0.15) is 13.2 Å². The fourth-order valence-corrected chi connectivity index (χ4v) is 4.31. The fourth-order valence-electron chi connectivity index (χ4n) is 4.31. The lowest BCUT2D eigenvalue weighted by atomic mass is 10.0. The van der Waals surface area contributed by atoms with Crippen molar-refractivity contribution in [3.63, 3.8) is 0 Å². The molecule has 2 atom stereocenters. The van der Waals surface area contributed by atoms with Crippen LogP contribution in [0.25, 0.3) is 0 Å². The van der Waals surface area contributed by atoms with Crippen LogP contribution in [0.3, 0.4) is 0 Å². The summed E-state index contributed by atoms with van der Waals surface area (Å²) in [4.78, 5) is 31.8. The van der Waals surface area contributed by atoms with Gasteiger partial charge in [0.25, 0.3) is 0 Å². The van der Waals surface area contributed by atoms with Crippen LogP contribution in [0, 0.1) is 11.8 Å². The number of ketones is 1. The van der Waals surface area contributed by atoms with E-state index in [4.69, 9.17) is 0 Å². The van der Waals surface area contributed by atoms with Gasteiger partial charge in [0.2, 0.25) is 0 Å². The zero-order valence-corrected chi connectivity index (χ0v) is 16.3. The second kappa shape index (κ2) is 7.62. The lowest BCUT2D eigenvalue weighted by Crippen LogP contribution is -2.37. The van der Waals surface area contributed by atoms with Crippen molar-refractivity contribution in [3.05, 3.63) is 53.7 Å². The van der Waals surface area contributed by atoms with Crippen molar-refractivity contribution >= 4 is 23.3 Å². The Labute approximate surface area is 171 Å². The maximum Gasteiger partial charge on any atom is 0.418 e. The molecule has 3 heterocycles. The minimum Gasteiger partial charge on any atom is -0.370 e. The summed E-state index contributed by atoms with van der Waals surface area (Å²) in [7, 11) is 0. The Bertz CT molecular complexity index is 965. The van der Waals surface area contributed by atoms with Crippen molar-refractivity contribution in [2.75, 3.05) is 36.4 Å². The molecule has 2 aliphatic heterocycles. The average molecular weight is 418 g/mol. The average Bonchev–Trinajstić information content (AvgIpc) is 3.27. The maximum absolute atomic E-state index is 13.3. The predicted molar refractivity (Wildman–Crippen MR) is 105 cm³/mol. The second-order valence-corrected chi connectivity index (χ2v) is 7.73. The predicted octanol–water partition coefficient (Wildman–Crippen LogP) is 3.90. The summed E-state index contributed by atoms with van der Waals surface area (Å²) in [5, 5.41) is 2.69. The van der Waals surface area contributed by atoms with Gasteiger partial charge in [-0.15, -0.1) is 0 Å². The Morgan fingerprint density at radius 2 is 1.70 bits per heavy atom. The van der Waals surface area contributed by atoms with Crippen LogP contribution in [0.5, 0.6) is 0 Å². The zero-order valence-electron chi connectivity index (χ0n) is 16.3. The maximum atomic E-state index is 13.3. The number of rotatable bonds is 3. The van der Waals surface area contributed by atoms with Crippen LogP contribution in [0.15, 0.2) is 42.6 Å². The van der Waals surface area contributed by atoms with E-state index in [1.165, 1.54) is 25.3 Å². The van der Waals surface area contributed by atoms with Crippen LogP contribution in [-0.4, -0.2) is 47.9 Å². The number of nitrogens with zero attached hydrogens (tertiary/aromatic N) is 3. The number of hydrogen-bond donors (Lipinski definition) is 1. The van der Waals surface area contributed by atoms with E-state index in [-0.39, 0.29) is 35.2 Å². The van der Waals surface area contributed by atoms with E-state index >= 15 is 0 Å². The Balaban J connectivity index is 1.42. The molecule has 0 unspecified atom stereocenters. The highest BCUT2D eigenvalue weighted by molar-refractivity contribution is 6.02. The van der Waals surface area contributed by atoms with Crippen LogP contribution < -0.4 is 10.2 Å². The lowest BCUT2D eigenvalue weighted by Gasteiger charge is -2.26. The third-order valence-electron chi connectivity index (χ3n) is 5.74. The first-order chi connectivity index (χ1) is 14.2. The summed E-state index contributed by atoms with van der Waals surface area (Å²) in [6.45, 7) is 3.22. The van der Waals surface area contributed by atoms with Crippen LogP contribution in [0.2, 0.25) is 0 Å². The monoisotopic (exact) mass is 418 g/mol. The molecule has 6 nitrogen and oxygen atoms in total. The number of Topliss-reactive ketones (excluding diaryl/α,β-unsaturated/α-hetero) is 1. The van der Waals surface area contributed by atoms with Crippen LogP contribution >= 0.6 is 0 Å². The quantitative estimate of drug-likeness (QED) is 0.768. The fraction of sp³-hybridized carbons (Fsp3) is 0.381. The highest BCUT2D eigenvalue weighted by atomic mass is 19.4. The van der Waals surface area contributed by atoms with Crippen molar-refractivity contribution < 1.29 is 22.8 Å². The summed E-state index contributed by atoms with van der Waals surface area (Å²) < 4.78 is 40.0. The number of alkyl halides is 3. The number of fused-ring (bicyclic) bond motifs is 1. The van der Waals surface area contributed by atoms with E-state index < -0.39 is 11.7 Å². The van der Waals surface area contributed by atoms with E-state index in [0.29, 0.717) is 31.7 Å². The molecule has 1 aromatic carbocycles. The molecule has 9 heteroatoms. The molecule has 2 amide bonds. The van der Waals surface area contributed by atoms with Gasteiger partial charge in [-0.05, 0) is 31.2 Å². The van der Waals surface area contributed by atoms with Crippen molar-refractivity contribution in [1.82, 2.24) is 9.88 Å². The Morgan fingerprint density at radius 1 is 1.03 bits per heavy atom. The van der Waals surface area contributed by atoms with Crippen molar-refractivity contribution in [2.24, 2.45) is 11.8 Å². The normalized spacial score (nSPS) is 20.9. The van der Waals surface area contributed by atoms with Gasteiger partial charge in [0.15, 0.2) is 5.78 Å². The Hall–Kier alpha value is -3.10. The molecule has 158 valence electrons. The minimum atomic E-state index is -4.41. The number of carbonyl (C=O) groups excluding carboxylic acids is 2. The first kappa shape index (κ1) is 20.2. The van der Waals surface area contributed by atoms with Crippen LogP contribution in [0.4, 0.5) is 29.5 Å². The number of para-hydroxylation sites is 1. The number of halogens is 3. The van der Waals surface area contributed by atoms with Gasteiger partial charge < -0.3 is 9.80 Å². The topological polar surface area (TPSA) is 65.5 Å². The summed E-state index contributed by atoms with van der Waals surface area (Å²) in [5.41, 5.74) is -0.110. The first-order valence-electron chi connectivity index (χ1n) is 9.67. The molecule has 2 saturated heterocycles. The molecule has 1 aromatic heterocycles. The highest BCUT2D eigenvalue weighted by Crippen LogP contribution is 2.40. The van der Waals surface area contributed by atoms with Gasteiger partial charge in [-0.3, -0.25) is 10.1 Å². The molecule has 0 spiro atoms. The molecule has 2 fully saturated rings. The van der Waals surface area contributed by atoms with E-state index in [9.17, 15) is 22.8 Å². The summed E-state index contributed by atoms with van der Waals surface area (Å²) in [6.07, 6.45) is -2.91. The Morgan fingerprint density at radius 3 is 2.33 bits per heavy atom. The molecule has 2 aromatic rings.